The number of benzene rings is 3. The summed E-state index contributed by atoms with van der Waals surface area (Å²) in [6, 6.07) is 20.0. The Morgan fingerprint density at radius 2 is 1.69 bits per heavy atom. The summed E-state index contributed by atoms with van der Waals surface area (Å²) < 4.78 is 11.4. The van der Waals surface area contributed by atoms with Crippen molar-refractivity contribution in [2.75, 3.05) is 32.8 Å². The van der Waals surface area contributed by atoms with Crippen LogP contribution in [0.4, 0.5) is 0 Å². The van der Waals surface area contributed by atoms with Crippen molar-refractivity contribution in [2.24, 2.45) is 5.41 Å². The van der Waals surface area contributed by atoms with E-state index in [1.165, 1.54) is 16.3 Å². The standard InChI is InChI=1S/C30H34N2O4/c33-28(24-9-10-26-27(18-24)36-16-15-35-26)25(20-32-13-3-4-14-32)31-29(34)30(11-12-30)19-21-7-8-22-5-1-2-6-23(22)17-21/h1-2,5-10,17-18,25,28,33H,3-4,11-16,19-20H2,(H,31,34). The van der Waals surface area contributed by atoms with E-state index >= 15 is 0 Å². The molecule has 2 unspecified atom stereocenters. The van der Waals surface area contributed by atoms with Crippen LogP contribution in [-0.4, -0.2) is 54.8 Å². The second kappa shape index (κ2) is 9.75. The average molecular weight is 487 g/mol. The lowest BCUT2D eigenvalue weighted by Crippen LogP contribution is -2.49. The molecular weight excluding hydrogens is 452 g/mol. The zero-order valence-corrected chi connectivity index (χ0v) is 20.6. The predicted octanol–water partition coefficient (Wildman–Crippen LogP) is 4.25. The fourth-order valence-corrected chi connectivity index (χ4v) is 5.64. The molecule has 0 aromatic heterocycles. The Morgan fingerprint density at radius 3 is 2.47 bits per heavy atom. The van der Waals surface area contributed by atoms with Gasteiger partial charge in [0.2, 0.25) is 5.91 Å². The maximum Gasteiger partial charge on any atom is 0.226 e. The molecule has 36 heavy (non-hydrogen) atoms. The van der Waals surface area contributed by atoms with Crippen LogP contribution in [0.15, 0.2) is 60.7 Å². The molecule has 1 aliphatic carbocycles. The van der Waals surface area contributed by atoms with Crippen molar-refractivity contribution < 1.29 is 19.4 Å². The maximum absolute atomic E-state index is 13.7. The molecule has 3 aliphatic rings. The number of nitrogens with zero attached hydrogens (tertiary/aromatic N) is 1. The number of carbonyl (C=O) groups is 1. The normalized spacial score (nSPS) is 20.1. The zero-order valence-electron chi connectivity index (χ0n) is 20.6. The Morgan fingerprint density at radius 1 is 0.944 bits per heavy atom. The Bertz CT molecular complexity index is 1250. The van der Waals surface area contributed by atoms with Crippen LogP contribution in [0.5, 0.6) is 11.5 Å². The minimum absolute atomic E-state index is 0.0523. The van der Waals surface area contributed by atoms with Gasteiger partial charge >= 0.3 is 0 Å². The van der Waals surface area contributed by atoms with Gasteiger partial charge in [0.15, 0.2) is 11.5 Å². The van der Waals surface area contributed by atoms with Crippen LogP contribution in [0.25, 0.3) is 10.8 Å². The molecule has 0 bridgehead atoms. The van der Waals surface area contributed by atoms with Crippen molar-refractivity contribution in [3.8, 4) is 11.5 Å². The van der Waals surface area contributed by atoms with Gasteiger partial charge < -0.3 is 24.8 Å². The van der Waals surface area contributed by atoms with E-state index in [9.17, 15) is 9.90 Å². The van der Waals surface area contributed by atoms with Gasteiger partial charge in [-0.3, -0.25) is 4.79 Å². The number of aliphatic hydroxyl groups excluding tert-OH is 1. The SMILES string of the molecule is O=C(NC(CN1CCCC1)C(O)c1ccc2c(c1)OCCO2)C1(Cc2ccc3ccccc3c2)CC1. The van der Waals surface area contributed by atoms with E-state index < -0.39 is 17.6 Å². The smallest absolute Gasteiger partial charge is 0.226 e. The van der Waals surface area contributed by atoms with Gasteiger partial charge in [-0.15, -0.1) is 0 Å². The molecule has 6 heteroatoms. The quantitative estimate of drug-likeness (QED) is 0.498. The number of carbonyl (C=O) groups excluding carboxylic acids is 1. The average Bonchev–Trinajstić information content (AvgIpc) is 3.51. The number of likely N-dealkylation sites (tertiary alicyclic amines) is 1. The van der Waals surface area contributed by atoms with E-state index in [-0.39, 0.29) is 5.91 Å². The molecule has 1 saturated heterocycles. The molecule has 0 spiro atoms. The van der Waals surface area contributed by atoms with Crippen LogP contribution in [0.1, 0.15) is 42.9 Å². The summed E-state index contributed by atoms with van der Waals surface area (Å²) in [6.45, 7) is 3.66. The van der Waals surface area contributed by atoms with Crippen molar-refractivity contribution in [1.29, 1.82) is 0 Å². The second-order valence-electron chi connectivity index (χ2n) is 10.6. The van der Waals surface area contributed by atoms with Gasteiger partial charge in [-0.1, -0.05) is 48.5 Å². The Hall–Kier alpha value is -3.09. The molecule has 2 atom stereocenters. The van der Waals surface area contributed by atoms with Crippen LogP contribution in [0.3, 0.4) is 0 Å². The topological polar surface area (TPSA) is 71.0 Å². The molecule has 6 rings (SSSR count). The van der Waals surface area contributed by atoms with E-state index in [1.54, 1.807) is 0 Å². The van der Waals surface area contributed by atoms with Crippen LogP contribution < -0.4 is 14.8 Å². The highest BCUT2D eigenvalue weighted by molar-refractivity contribution is 5.87. The van der Waals surface area contributed by atoms with Crippen LogP contribution in [0.2, 0.25) is 0 Å². The van der Waals surface area contributed by atoms with Gasteiger partial charge in [-0.2, -0.15) is 0 Å². The van der Waals surface area contributed by atoms with E-state index in [0.717, 1.165) is 50.8 Å². The van der Waals surface area contributed by atoms with Gasteiger partial charge in [0, 0.05) is 6.54 Å². The van der Waals surface area contributed by atoms with Crippen molar-refractivity contribution in [3.63, 3.8) is 0 Å². The van der Waals surface area contributed by atoms with E-state index in [4.69, 9.17) is 9.47 Å². The van der Waals surface area contributed by atoms with Crippen molar-refractivity contribution in [1.82, 2.24) is 10.2 Å². The highest BCUT2D eigenvalue weighted by Gasteiger charge is 2.50. The van der Waals surface area contributed by atoms with E-state index in [2.05, 4.69) is 40.5 Å². The molecule has 1 saturated carbocycles. The van der Waals surface area contributed by atoms with E-state index in [1.807, 2.05) is 30.3 Å². The van der Waals surface area contributed by atoms with Crippen LogP contribution in [0, 0.1) is 5.41 Å². The van der Waals surface area contributed by atoms with Gasteiger partial charge in [-0.05, 0) is 79.2 Å². The van der Waals surface area contributed by atoms with Crippen molar-refractivity contribution in [2.45, 2.75) is 44.2 Å². The third-order valence-electron chi connectivity index (χ3n) is 7.95. The number of aliphatic hydroxyl groups is 1. The van der Waals surface area contributed by atoms with Gasteiger partial charge in [-0.25, -0.2) is 0 Å². The van der Waals surface area contributed by atoms with Gasteiger partial charge in [0.05, 0.1) is 11.5 Å². The highest BCUT2D eigenvalue weighted by Crippen LogP contribution is 2.49. The van der Waals surface area contributed by atoms with Crippen LogP contribution >= 0.6 is 0 Å². The fourth-order valence-electron chi connectivity index (χ4n) is 5.64. The Kier molecular flexibility index (Phi) is 6.32. The van der Waals surface area contributed by atoms with Gasteiger partial charge in [0.25, 0.3) is 0 Å². The number of ether oxygens (including phenoxy) is 2. The Balaban J connectivity index is 1.20. The second-order valence-corrected chi connectivity index (χ2v) is 10.6. The summed E-state index contributed by atoms with van der Waals surface area (Å²) in [6.07, 6.45) is 3.96. The third-order valence-corrected chi connectivity index (χ3v) is 7.95. The summed E-state index contributed by atoms with van der Waals surface area (Å²) in [7, 11) is 0. The minimum Gasteiger partial charge on any atom is -0.486 e. The molecule has 2 N–H and O–H groups in total. The first-order chi connectivity index (χ1) is 17.6. The molecule has 0 radical (unpaired) electrons. The van der Waals surface area contributed by atoms with E-state index in [0.29, 0.717) is 31.3 Å². The summed E-state index contributed by atoms with van der Waals surface area (Å²) in [4.78, 5) is 16.0. The lowest BCUT2D eigenvalue weighted by atomic mass is 9.93. The lowest BCUT2D eigenvalue weighted by Gasteiger charge is -2.31. The lowest BCUT2D eigenvalue weighted by molar-refractivity contribution is -0.128. The molecule has 1 amide bonds. The number of amides is 1. The molecule has 6 nitrogen and oxygen atoms in total. The predicted molar refractivity (Wildman–Crippen MR) is 139 cm³/mol. The first-order valence-corrected chi connectivity index (χ1v) is 13.2. The number of fused-ring (bicyclic) bond motifs is 2. The Labute approximate surface area is 212 Å². The molecule has 3 aromatic carbocycles. The van der Waals surface area contributed by atoms with Crippen molar-refractivity contribution in [3.05, 3.63) is 71.8 Å². The minimum atomic E-state index is -0.832. The number of hydrogen-bond acceptors (Lipinski definition) is 5. The monoisotopic (exact) mass is 486 g/mol. The number of nitrogens with one attached hydrogen (secondary N) is 1. The first kappa shape index (κ1) is 23.3. The molecule has 3 aromatic rings. The zero-order chi connectivity index (χ0) is 24.5. The molecular formula is C30H34N2O4. The molecule has 2 fully saturated rings. The fraction of sp³-hybridized carbons (Fsp3) is 0.433. The summed E-state index contributed by atoms with van der Waals surface area (Å²) in [5.41, 5.74) is 1.53. The molecule has 188 valence electrons. The first-order valence-electron chi connectivity index (χ1n) is 13.2. The number of hydrogen-bond donors (Lipinski definition) is 2. The third kappa shape index (κ3) is 4.80. The van der Waals surface area contributed by atoms with Gasteiger partial charge in [0.1, 0.15) is 19.3 Å². The van der Waals surface area contributed by atoms with Crippen molar-refractivity contribution >= 4 is 16.7 Å². The maximum atomic E-state index is 13.7. The highest BCUT2D eigenvalue weighted by atomic mass is 16.6. The summed E-state index contributed by atoms with van der Waals surface area (Å²) >= 11 is 0. The molecule has 2 aliphatic heterocycles. The number of rotatable bonds is 8. The largest absolute Gasteiger partial charge is 0.486 e. The van der Waals surface area contributed by atoms with Crippen LogP contribution in [-0.2, 0) is 11.2 Å². The summed E-state index contributed by atoms with van der Waals surface area (Å²) in [5, 5.41) is 17.1. The summed E-state index contributed by atoms with van der Waals surface area (Å²) in [5.74, 6) is 1.40. The molecule has 2 heterocycles.